The molecule has 0 aliphatic carbocycles. The molecule has 0 saturated carbocycles. The van der Waals surface area contributed by atoms with Gasteiger partial charge in [0.25, 0.3) is 0 Å². The molecule has 0 N–H and O–H groups in total. The molecule has 3 rings (SSSR count). The van der Waals surface area contributed by atoms with Crippen LogP contribution in [0, 0.1) is 0 Å². The summed E-state index contributed by atoms with van der Waals surface area (Å²) < 4.78 is 15.9. The number of rotatable bonds is 2. The summed E-state index contributed by atoms with van der Waals surface area (Å²) in [4.78, 5) is 13.6. The minimum atomic E-state index is -0.556. The molecule has 0 aromatic heterocycles. The van der Waals surface area contributed by atoms with Gasteiger partial charge in [-0.05, 0) is 12.5 Å². The quantitative estimate of drug-likeness (QED) is 0.800. The van der Waals surface area contributed by atoms with Crippen LogP contribution in [0.2, 0.25) is 0 Å². The third-order valence-corrected chi connectivity index (χ3v) is 3.38. The van der Waals surface area contributed by atoms with Crippen molar-refractivity contribution >= 4 is 6.09 Å². The SMILES string of the molecule is C[C@H]1[C@@H]2OCO[C@@H]2OC(=O)N1Cc1ccccc1. The van der Waals surface area contributed by atoms with Crippen molar-refractivity contribution in [1.29, 1.82) is 0 Å². The van der Waals surface area contributed by atoms with Crippen LogP contribution in [-0.2, 0) is 20.8 Å². The van der Waals surface area contributed by atoms with Crippen molar-refractivity contribution in [3.8, 4) is 0 Å². The zero-order valence-corrected chi connectivity index (χ0v) is 10.1. The number of hydrogen-bond donors (Lipinski definition) is 0. The van der Waals surface area contributed by atoms with Crippen LogP contribution in [0.15, 0.2) is 30.3 Å². The minimum Gasteiger partial charge on any atom is -0.416 e. The summed E-state index contributed by atoms with van der Waals surface area (Å²) in [5.41, 5.74) is 1.07. The minimum absolute atomic E-state index is 0.0565. The van der Waals surface area contributed by atoms with Gasteiger partial charge in [-0.2, -0.15) is 0 Å². The van der Waals surface area contributed by atoms with Gasteiger partial charge in [0.1, 0.15) is 6.10 Å². The largest absolute Gasteiger partial charge is 0.416 e. The van der Waals surface area contributed by atoms with Crippen molar-refractivity contribution in [2.75, 3.05) is 6.79 Å². The van der Waals surface area contributed by atoms with Gasteiger partial charge in [0.2, 0.25) is 6.29 Å². The second-order valence-electron chi connectivity index (χ2n) is 4.52. The number of nitrogens with zero attached hydrogens (tertiary/aromatic N) is 1. The van der Waals surface area contributed by atoms with Gasteiger partial charge in [0.15, 0.2) is 6.79 Å². The number of fused-ring (bicyclic) bond motifs is 1. The lowest BCUT2D eigenvalue weighted by Crippen LogP contribution is -2.55. The highest BCUT2D eigenvalue weighted by molar-refractivity contribution is 5.69. The Morgan fingerprint density at radius 1 is 1.28 bits per heavy atom. The van der Waals surface area contributed by atoms with Crippen molar-refractivity contribution in [2.45, 2.75) is 31.9 Å². The predicted molar refractivity (Wildman–Crippen MR) is 62.5 cm³/mol. The molecule has 1 amide bonds. The summed E-state index contributed by atoms with van der Waals surface area (Å²) in [5, 5.41) is 0. The first kappa shape index (κ1) is 11.5. The van der Waals surface area contributed by atoms with Crippen LogP contribution in [0.5, 0.6) is 0 Å². The summed E-state index contributed by atoms with van der Waals surface area (Å²) in [6.45, 7) is 2.66. The molecule has 0 bridgehead atoms. The summed E-state index contributed by atoms with van der Waals surface area (Å²) in [6.07, 6.45) is -1.11. The van der Waals surface area contributed by atoms with E-state index in [4.69, 9.17) is 14.2 Å². The van der Waals surface area contributed by atoms with Crippen molar-refractivity contribution in [3.63, 3.8) is 0 Å². The maximum absolute atomic E-state index is 11.9. The molecule has 2 fully saturated rings. The fraction of sp³-hybridized carbons (Fsp3) is 0.462. The van der Waals surface area contributed by atoms with Crippen LogP contribution >= 0.6 is 0 Å². The van der Waals surface area contributed by atoms with Gasteiger partial charge in [0, 0.05) is 6.54 Å². The van der Waals surface area contributed by atoms with E-state index in [0.29, 0.717) is 6.54 Å². The summed E-state index contributed by atoms with van der Waals surface area (Å²) >= 11 is 0. The lowest BCUT2D eigenvalue weighted by molar-refractivity contribution is -0.123. The highest BCUT2D eigenvalue weighted by atomic mass is 16.8. The monoisotopic (exact) mass is 249 g/mol. The number of amides is 1. The van der Waals surface area contributed by atoms with Crippen molar-refractivity contribution in [2.24, 2.45) is 0 Å². The molecule has 1 aromatic carbocycles. The maximum Gasteiger partial charge on any atom is 0.412 e. The van der Waals surface area contributed by atoms with Crippen molar-refractivity contribution < 1.29 is 19.0 Å². The molecule has 0 spiro atoms. The Morgan fingerprint density at radius 2 is 2.06 bits per heavy atom. The molecule has 1 aromatic rings. The first-order chi connectivity index (χ1) is 8.75. The molecular formula is C13H15NO4. The Labute approximate surface area is 105 Å². The van der Waals surface area contributed by atoms with Crippen LogP contribution < -0.4 is 0 Å². The van der Waals surface area contributed by atoms with E-state index in [9.17, 15) is 4.79 Å². The zero-order chi connectivity index (χ0) is 12.5. The van der Waals surface area contributed by atoms with E-state index in [2.05, 4.69) is 0 Å². The average molecular weight is 249 g/mol. The Balaban J connectivity index is 1.77. The molecule has 2 saturated heterocycles. The van der Waals surface area contributed by atoms with Gasteiger partial charge in [-0.1, -0.05) is 30.3 Å². The number of ether oxygens (including phenoxy) is 3. The molecule has 96 valence electrons. The lowest BCUT2D eigenvalue weighted by Gasteiger charge is -2.38. The fourth-order valence-corrected chi connectivity index (χ4v) is 2.33. The average Bonchev–Trinajstić information content (AvgIpc) is 2.84. The predicted octanol–water partition coefficient (Wildman–Crippen LogP) is 1.73. The Morgan fingerprint density at radius 3 is 2.83 bits per heavy atom. The Hall–Kier alpha value is -1.59. The highest BCUT2D eigenvalue weighted by Crippen LogP contribution is 2.28. The standard InChI is InChI=1S/C13H15NO4/c1-9-11-12(17-8-16-11)18-13(15)14(9)7-10-5-3-2-4-6-10/h2-6,9,11-12H,7-8H2,1H3/t9-,11-,12+/m0/s1. The van der Waals surface area contributed by atoms with E-state index < -0.39 is 6.29 Å². The van der Waals surface area contributed by atoms with Crippen LogP contribution in [0.4, 0.5) is 4.79 Å². The summed E-state index contributed by atoms with van der Waals surface area (Å²) in [7, 11) is 0. The zero-order valence-electron chi connectivity index (χ0n) is 10.1. The van der Waals surface area contributed by atoms with Gasteiger partial charge < -0.3 is 14.2 Å². The molecule has 0 unspecified atom stereocenters. The molecule has 5 nitrogen and oxygen atoms in total. The van der Waals surface area contributed by atoms with Crippen LogP contribution in [-0.4, -0.2) is 36.2 Å². The first-order valence-electron chi connectivity index (χ1n) is 6.00. The topological polar surface area (TPSA) is 48.0 Å². The molecule has 3 atom stereocenters. The van der Waals surface area contributed by atoms with Crippen LogP contribution in [0.25, 0.3) is 0 Å². The maximum atomic E-state index is 11.9. The normalized spacial score (nSPS) is 31.1. The number of hydrogen-bond acceptors (Lipinski definition) is 4. The molecule has 2 aliphatic rings. The van der Waals surface area contributed by atoms with E-state index >= 15 is 0 Å². The van der Waals surface area contributed by atoms with E-state index in [1.807, 2.05) is 37.3 Å². The van der Waals surface area contributed by atoms with Crippen LogP contribution in [0.3, 0.4) is 0 Å². The highest BCUT2D eigenvalue weighted by Gasteiger charge is 2.46. The van der Waals surface area contributed by atoms with Gasteiger partial charge in [-0.25, -0.2) is 4.79 Å². The second-order valence-corrected chi connectivity index (χ2v) is 4.52. The molecule has 0 radical (unpaired) electrons. The van der Waals surface area contributed by atoms with Crippen molar-refractivity contribution in [3.05, 3.63) is 35.9 Å². The van der Waals surface area contributed by atoms with Gasteiger partial charge in [0.05, 0.1) is 6.04 Å². The van der Waals surface area contributed by atoms with Gasteiger partial charge >= 0.3 is 6.09 Å². The summed E-state index contributed by atoms with van der Waals surface area (Å²) in [5.74, 6) is 0. The third-order valence-electron chi connectivity index (χ3n) is 3.38. The molecule has 2 heterocycles. The van der Waals surface area contributed by atoms with E-state index in [1.54, 1.807) is 4.90 Å². The van der Waals surface area contributed by atoms with E-state index in [0.717, 1.165) is 5.56 Å². The number of benzene rings is 1. The number of carbonyl (C=O) groups is 1. The van der Waals surface area contributed by atoms with Gasteiger partial charge in [-0.15, -0.1) is 0 Å². The summed E-state index contributed by atoms with van der Waals surface area (Å²) in [6, 6.07) is 9.77. The fourth-order valence-electron chi connectivity index (χ4n) is 2.33. The molecule has 5 heteroatoms. The molecule has 2 aliphatic heterocycles. The van der Waals surface area contributed by atoms with Gasteiger partial charge in [-0.3, -0.25) is 4.90 Å². The van der Waals surface area contributed by atoms with Crippen LogP contribution in [0.1, 0.15) is 12.5 Å². The Kier molecular flexibility index (Phi) is 2.93. The van der Waals surface area contributed by atoms with E-state index in [1.165, 1.54) is 0 Å². The third kappa shape index (κ3) is 1.95. The molecule has 18 heavy (non-hydrogen) atoms. The second kappa shape index (κ2) is 4.59. The first-order valence-corrected chi connectivity index (χ1v) is 6.00. The molecular weight excluding hydrogens is 234 g/mol. The van der Waals surface area contributed by atoms with E-state index in [-0.39, 0.29) is 25.0 Å². The smallest absolute Gasteiger partial charge is 0.412 e. The Bertz CT molecular complexity index is 436. The van der Waals surface area contributed by atoms with Crippen molar-refractivity contribution in [1.82, 2.24) is 4.90 Å². The lowest BCUT2D eigenvalue weighted by atomic mass is 10.1. The number of carbonyl (C=O) groups excluding carboxylic acids is 1.